The molecular formula is C23H26N4O3S2. The predicted octanol–water partition coefficient (Wildman–Crippen LogP) is 4.39. The Morgan fingerprint density at radius 2 is 1.94 bits per heavy atom. The fourth-order valence-corrected chi connectivity index (χ4v) is 6.27. The number of rotatable bonds is 6. The van der Waals surface area contributed by atoms with Gasteiger partial charge in [0.25, 0.3) is 5.91 Å². The molecule has 9 heteroatoms. The number of benzene rings is 2. The van der Waals surface area contributed by atoms with Crippen LogP contribution in [0.1, 0.15) is 36.5 Å². The van der Waals surface area contributed by atoms with E-state index in [2.05, 4.69) is 10.3 Å². The summed E-state index contributed by atoms with van der Waals surface area (Å²) in [5, 5.41) is 3.72. The molecule has 1 saturated heterocycles. The number of imidazole rings is 1. The van der Waals surface area contributed by atoms with Crippen LogP contribution >= 0.6 is 11.8 Å². The van der Waals surface area contributed by atoms with Crippen molar-refractivity contribution in [2.24, 2.45) is 7.05 Å². The van der Waals surface area contributed by atoms with E-state index < -0.39 is 10.0 Å². The lowest BCUT2D eigenvalue weighted by molar-refractivity contribution is 0.102. The molecule has 1 N–H and O–H groups in total. The number of nitrogens with zero attached hydrogens (tertiary/aromatic N) is 3. The molecule has 1 aliphatic heterocycles. The first-order valence-corrected chi connectivity index (χ1v) is 12.8. The van der Waals surface area contributed by atoms with Crippen molar-refractivity contribution in [1.82, 2.24) is 13.9 Å². The molecule has 0 bridgehead atoms. The van der Waals surface area contributed by atoms with Gasteiger partial charge < -0.3 is 9.88 Å². The lowest BCUT2D eigenvalue weighted by Crippen LogP contribution is -2.41. The van der Waals surface area contributed by atoms with Gasteiger partial charge in [-0.1, -0.05) is 24.2 Å². The summed E-state index contributed by atoms with van der Waals surface area (Å²) in [5.41, 5.74) is 0.944. The summed E-state index contributed by atoms with van der Waals surface area (Å²) in [6.45, 7) is 2.45. The Kier molecular flexibility index (Phi) is 6.68. The number of hydrogen-bond donors (Lipinski definition) is 1. The zero-order valence-corrected chi connectivity index (χ0v) is 19.7. The van der Waals surface area contributed by atoms with E-state index in [1.165, 1.54) is 17.8 Å². The van der Waals surface area contributed by atoms with Crippen molar-refractivity contribution in [2.45, 2.75) is 47.2 Å². The predicted molar refractivity (Wildman–Crippen MR) is 125 cm³/mol. The smallest absolute Gasteiger partial charge is 0.255 e. The number of carbonyl (C=O) groups excluding carboxylic acids is 1. The normalized spacial score (nSPS) is 17.2. The number of sulfonamides is 1. The second-order valence-electron chi connectivity index (χ2n) is 7.89. The minimum Gasteiger partial charge on any atom is -0.329 e. The van der Waals surface area contributed by atoms with Gasteiger partial charge in [0.15, 0.2) is 5.16 Å². The van der Waals surface area contributed by atoms with Crippen LogP contribution in [0.3, 0.4) is 0 Å². The summed E-state index contributed by atoms with van der Waals surface area (Å²) in [7, 11) is -1.70. The second kappa shape index (κ2) is 9.48. The highest BCUT2D eigenvalue weighted by Gasteiger charge is 2.31. The van der Waals surface area contributed by atoms with Crippen molar-refractivity contribution in [2.75, 3.05) is 11.9 Å². The van der Waals surface area contributed by atoms with E-state index in [0.717, 1.165) is 29.3 Å². The molecule has 1 aliphatic rings. The summed E-state index contributed by atoms with van der Waals surface area (Å²) >= 11 is 1.53. The third-order valence-electron chi connectivity index (χ3n) is 5.54. The molecule has 168 valence electrons. The third kappa shape index (κ3) is 4.90. The third-order valence-corrected chi connectivity index (χ3v) is 8.64. The van der Waals surface area contributed by atoms with Gasteiger partial charge in [-0.05, 0) is 62.2 Å². The van der Waals surface area contributed by atoms with Crippen molar-refractivity contribution >= 4 is 33.4 Å². The van der Waals surface area contributed by atoms with Gasteiger partial charge in [-0.3, -0.25) is 4.79 Å². The second-order valence-corrected chi connectivity index (χ2v) is 10.8. The Bertz CT molecular complexity index is 1210. The molecule has 1 aromatic heterocycles. The molecule has 0 spiro atoms. The zero-order chi connectivity index (χ0) is 22.7. The fraction of sp³-hybridized carbons (Fsp3) is 0.304. The molecule has 7 nitrogen and oxygen atoms in total. The van der Waals surface area contributed by atoms with Gasteiger partial charge in [0.05, 0.1) is 4.90 Å². The Balaban J connectivity index is 1.46. The molecular weight excluding hydrogens is 444 g/mol. The Morgan fingerprint density at radius 1 is 1.16 bits per heavy atom. The Morgan fingerprint density at radius 3 is 2.62 bits per heavy atom. The summed E-state index contributed by atoms with van der Waals surface area (Å²) in [6, 6.07) is 13.7. The molecule has 1 amide bonds. The molecule has 4 rings (SSSR count). The quantitative estimate of drug-likeness (QED) is 0.578. The minimum absolute atomic E-state index is 0.0339. The summed E-state index contributed by atoms with van der Waals surface area (Å²) < 4.78 is 29.7. The molecule has 2 aromatic carbocycles. The zero-order valence-electron chi connectivity index (χ0n) is 18.1. The number of anilines is 1. The van der Waals surface area contributed by atoms with Crippen molar-refractivity contribution in [3.05, 3.63) is 66.5 Å². The Labute approximate surface area is 192 Å². The van der Waals surface area contributed by atoms with Crippen LogP contribution in [0.4, 0.5) is 5.69 Å². The first kappa shape index (κ1) is 22.6. The van der Waals surface area contributed by atoms with Crippen LogP contribution in [-0.4, -0.2) is 40.8 Å². The monoisotopic (exact) mass is 470 g/mol. The largest absolute Gasteiger partial charge is 0.329 e. The molecule has 32 heavy (non-hydrogen) atoms. The maximum absolute atomic E-state index is 13.1. The lowest BCUT2D eigenvalue weighted by atomic mass is 10.1. The molecule has 2 heterocycles. The van der Waals surface area contributed by atoms with Crippen LogP contribution in [0.25, 0.3) is 0 Å². The number of aryl methyl sites for hydroxylation is 1. The maximum Gasteiger partial charge on any atom is 0.255 e. The molecule has 1 unspecified atom stereocenters. The highest BCUT2D eigenvalue weighted by atomic mass is 32.2. The molecule has 0 radical (unpaired) electrons. The van der Waals surface area contributed by atoms with Gasteiger partial charge in [-0.15, -0.1) is 0 Å². The summed E-state index contributed by atoms with van der Waals surface area (Å²) in [6.07, 6.45) is 6.38. The van der Waals surface area contributed by atoms with E-state index in [0.29, 0.717) is 17.8 Å². The van der Waals surface area contributed by atoms with Crippen LogP contribution in [0.2, 0.25) is 0 Å². The van der Waals surface area contributed by atoms with E-state index >= 15 is 0 Å². The number of carbonyl (C=O) groups is 1. The van der Waals surface area contributed by atoms with Crippen LogP contribution in [0.15, 0.2) is 75.9 Å². The molecule has 0 saturated carbocycles. The van der Waals surface area contributed by atoms with Gasteiger partial charge in [0.2, 0.25) is 10.0 Å². The number of aromatic nitrogens is 2. The first-order chi connectivity index (χ1) is 15.3. The van der Waals surface area contributed by atoms with Crippen LogP contribution < -0.4 is 5.32 Å². The Hall–Kier alpha value is -2.62. The SMILES string of the molecule is CC1CCCCN1S(=O)(=O)c1cccc(C(=O)Nc2ccc(Sc3nccn3C)cc2)c1. The number of hydrogen-bond acceptors (Lipinski definition) is 5. The molecule has 3 aromatic rings. The van der Waals surface area contributed by atoms with E-state index in [1.54, 1.807) is 28.7 Å². The number of piperidine rings is 1. The van der Waals surface area contributed by atoms with Gasteiger partial charge >= 0.3 is 0 Å². The van der Waals surface area contributed by atoms with Gasteiger partial charge in [-0.25, -0.2) is 13.4 Å². The molecule has 1 fully saturated rings. The van der Waals surface area contributed by atoms with Gasteiger partial charge in [0.1, 0.15) is 0 Å². The van der Waals surface area contributed by atoms with E-state index in [-0.39, 0.29) is 16.8 Å². The highest BCUT2D eigenvalue weighted by Crippen LogP contribution is 2.28. The van der Waals surface area contributed by atoms with E-state index in [4.69, 9.17) is 0 Å². The van der Waals surface area contributed by atoms with Crippen LogP contribution in [0, 0.1) is 0 Å². The highest BCUT2D eigenvalue weighted by molar-refractivity contribution is 7.99. The molecule has 1 atom stereocenters. The van der Waals surface area contributed by atoms with Crippen molar-refractivity contribution in [1.29, 1.82) is 0 Å². The van der Waals surface area contributed by atoms with Crippen molar-refractivity contribution in [3.63, 3.8) is 0 Å². The number of amides is 1. The first-order valence-electron chi connectivity index (χ1n) is 10.5. The maximum atomic E-state index is 13.1. The average Bonchev–Trinajstić information content (AvgIpc) is 3.19. The summed E-state index contributed by atoms with van der Waals surface area (Å²) in [4.78, 5) is 18.2. The number of nitrogens with one attached hydrogen (secondary N) is 1. The van der Waals surface area contributed by atoms with E-state index in [9.17, 15) is 13.2 Å². The average molecular weight is 471 g/mol. The minimum atomic E-state index is -3.63. The fourth-order valence-electron chi connectivity index (χ4n) is 3.73. The van der Waals surface area contributed by atoms with Crippen molar-refractivity contribution < 1.29 is 13.2 Å². The topological polar surface area (TPSA) is 84.3 Å². The van der Waals surface area contributed by atoms with Crippen LogP contribution in [-0.2, 0) is 17.1 Å². The summed E-state index contributed by atoms with van der Waals surface area (Å²) in [5.74, 6) is -0.349. The van der Waals surface area contributed by atoms with Gasteiger partial charge in [0, 0.05) is 48.2 Å². The van der Waals surface area contributed by atoms with Crippen LogP contribution in [0.5, 0.6) is 0 Å². The van der Waals surface area contributed by atoms with E-state index in [1.807, 2.05) is 49.0 Å². The van der Waals surface area contributed by atoms with Crippen molar-refractivity contribution in [3.8, 4) is 0 Å². The van der Waals surface area contributed by atoms with Gasteiger partial charge in [-0.2, -0.15) is 4.31 Å². The lowest BCUT2D eigenvalue weighted by Gasteiger charge is -2.32. The standard InChI is InChI=1S/C23H26N4O3S2/c1-17-6-3-4-14-27(17)32(29,30)21-8-5-7-18(16-21)22(28)25-19-9-11-20(12-10-19)31-23-24-13-15-26(23)2/h5,7-13,15-17H,3-4,6,14H2,1-2H3,(H,25,28). The molecule has 0 aliphatic carbocycles.